The lowest BCUT2D eigenvalue weighted by molar-refractivity contribution is 0.102. The zero-order valence-corrected chi connectivity index (χ0v) is 15.3. The van der Waals surface area contributed by atoms with Crippen molar-refractivity contribution < 1.29 is 4.79 Å². The number of nitrogens with one attached hydrogen (secondary N) is 1. The molecular weight excluding hydrogens is 368 g/mol. The molecule has 0 saturated carbocycles. The maximum absolute atomic E-state index is 12.5. The van der Waals surface area contributed by atoms with Gasteiger partial charge in [-0.25, -0.2) is 9.97 Å². The first-order chi connectivity index (χ1) is 11.6. The summed E-state index contributed by atoms with van der Waals surface area (Å²) in [6.07, 6.45) is 6.45. The number of halogens is 1. The predicted octanol–water partition coefficient (Wildman–Crippen LogP) is 4.18. The zero-order chi connectivity index (χ0) is 16.9. The summed E-state index contributed by atoms with van der Waals surface area (Å²) in [5.41, 5.74) is 2.25. The van der Waals surface area contributed by atoms with Gasteiger partial charge >= 0.3 is 0 Å². The number of carbonyl (C=O) groups is 1. The number of benzene rings is 1. The third kappa shape index (κ3) is 4.12. The molecule has 2 heterocycles. The van der Waals surface area contributed by atoms with Crippen LogP contribution in [0.1, 0.15) is 41.7 Å². The van der Waals surface area contributed by atoms with Crippen molar-refractivity contribution in [3.63, 3.8) is 0 Å². The Bertz CT molecular complexity index is 727. The molecule has 6 heteroatoms. The Morgan fingerprint density at radius 3 is 2.62 bits per heavy atom. The van der Waals surface area contributed by atoms with Crippen LogP contribution in [0, 0.1) is 6.92 Å². The number of nitrogens with zero attached hydrogens (tertiary/aromatic N) is 3. The average molecular weight is 389 g/mol. The van der Waals surface area contributed by atoms with Crippen molar-refractivity contribution in [1.29, 1.82) is 0 Å². The largest absolute Gasteiger partial charge is 0.341 e. The number of aryl methyl sites for hydroxylation is 1. The van der Waals surface area contributed by atoms with E-state index in [9.17, 15) is 4.79 Å². The van der Waals surface area contributed by atoms with Crippen molar-refractivity contribution in [3.8, 4) is 0 Å². The van der Waals surface area contributed by atoms with Crippen LogP contribution in [-0.2, 0) is 0 Å². The second-order valence-corrected chi connectivity index (χ2v) is 6.93. The number of amides is 1. The minimum Gasteiger partial charge on any atom is -0.341 e. The van der Waals surface area contributed by atoms with Gasteiger partial charge in [0.05, 0.1) is 5.69 Å². The second-order valence-electron chi connectivity index (χ2n) is 6.08. The molecule has 1 aliphatic heterocycles. The predicted molar refractivity (Wildman–Crippen MR) is 99.5 cm³/mol. The number of aromatic nitrogens is 2. The molecule has 1 amide bonds. The van der Waals surface area contributed by atoms with Gasteiger partial charge in [0.2, 0.25) is 5.95 Å². The lowest BCUT2D eigenvalue weighted by Gasteiger charge is -2.20. The SMILES string of the molecule is Cc1ccc(NC(=O)c2ccnc(N3CCCCCC3)n2)c(Br)c1. The van der Waals surface area contributed by atoms with Gasteiger partial charge in [-0.05, 0) is 59.5 Å². The Morgan fingerprint density at radius 2 is 1.92 bits per heavy atom. The molecule has 0 bridgehead atoms. The van der Waals surface area contributed by atoms with Gasteiger partial charge in [0.1, 0.15) is 5.69 Å². The van der Waals surface area contributed by atoms with E-state index in [-0.39, 0.29) is 5.91 Å². The number of rotatable bonds is 3. The van der Waals surface area contributed by atoms with Crippen molar-refractivity contribution in [2.75, 3.05) is 23.3 Å². The first-order valence-corrected chi connectivity index (χ1v) is 9.08. The van der Waals surface area contributed by atoms with Gasteiger partial charge < -0.3 is 10.2 Å². The molecule has 3 rings (SSSR count). The first kappa shape index (κ1) is 16.9. The molecular formula is C18H21BrN4O. The highest BCUT2D eigenvalue weighted by atomic mass is 79.9. The summed E-state index contributed by atoms with van der Waals surface area (Å²) in [6, 6.07) is 7.47. The van der Waals surface area contributed by atoms with E-state index in [1.807, 2.05) is 25.1 Å². The van der Waals surface area contributed by atoms with Gasteiger partial charge in [0.15, 0.2) is 0 Å². The molecule has 0 spiro atoms. The lowest BCUT2D eigenvalue weighted by atomic mass is 10.2. The van der Waals surface area contributed by atoms with E-state index in [1.54, 1.807) is 12.3 Å². The summed E-state index contributed by atoms with van der Waals surface area (Å²) >= 11 is 3.48. The Labute approximate surface area is 150 Å². The highest BCUT2D eigenvalue weighted by Crippen LogP contribution is 2.24. The third-order valence-corrected chi connectivity index (χ3v) is 4.79. The van der Waals surface area contributed by atoms with E-state index in [4.69, 9.17) is 0 Å². The highest BCUT2D eigenvalue weighted by molar-refractivity contribution is 9.10. The van der Waals surface area contributed by atoms with E-state index < -0.39 is 0 Å². The minimum absolute atomic E-state index is 0.224. The maximum atomic E-state index is 12.5. The zero-order valence-electron chi connectivity index (χ0n) is 13.8. The van der Waals surface area contributed by atoms with Crippen molar-refractivity contribution >= 4 is 33.5 Å². The molecule has 2 aromatic rings. The molecule has 1 N–H and O–H groups in total. The van der Waals surface area contributed by atoms with Crippen LogP contribution in [0.5, 0.6) is 0 Å². The normalized spacial score (nSPS) is 15.0. The Kier molecular flexibility index (Phi) is 5.45. The lowest BCUT2D eigenvalue weighted by Crippen LogP contribution is -2.27. The molecule has 1 saturated heterocycles. The monoisotopic (exact) mass is 388 g/mol. The van der Waals surface area contributed by atoms with Crippen LogP contribution in [0.2, 0.25) is 0 Å². The molecule has 126 valence electrons. The number of hydrogen-bond donors (Lipinski definition) is 1. The fraction of sp³-hybridized carbons (Fsp3) is 0.389. The van der Waals surface area contributed by atoms with Crippen molar-refractivity contribution in [2.45, 2.75) is 32.6 Å². The van der Waals surface area contributed by atoms with Crippen molar-refractivity contribution in [1.82, 2.24) is 9.97 Å². The van der Waals surface area contributed by atoms with Gasteiger partial charge in [0.25, 0.3) is 5.91 Å². The molecule has 0 atom stereocenters. The summed E-state index contributed by atoms with van der Waals surface area (Å²) in [5.74, 6) is 0.422. The average Bonchev–Trinajstić information content (AvgIpc) is 2.87. The summed E-state index contributed by atoms with van der Waals surface area (Å²) in [6.45, 7) is 3.91. The minimum atomic E-state index is -0.224. The van der Waals surface area contributed by atoms with E-state index in [0.717, 1.165) is 41.7 Å². The molecule has 1 aromatic carbocycles. The van der Waals surface area contributed by atoms with E-state index in [1.165, 1.54) is 12.8 Å². The Balaban J connectivity index is 1.76. The fourth-order valence-corrected chi connectivity index (χ4v) is 3.40. The van der Waals surface area contributed by atoms with Gasteiger partial charge in [-0.1, -0.05) is 18.9 Å². The topological polar surface area (TPSA) is 58.1 Å². The van der Waals surface area contributed by atoms with Gasteiger partial charge in [-0.15, -0.1) is 0 Å². The van der Waals surface area contributed by atoms with Gasteiger partial charge in [-0.2, -0.15) is 0 Å². The molecule has 1 fully saturated rings. The standard InChI is InChI=1S/C18H21BrN4O/c1-13-6-7-15(14(19)12-13)21-17(24)16-8-9-20-18(22-16)23-10-4-2-3-5-11-23/h6-9,12H,2-5,10-11H2,1H3,(H,21,24). The molecule has 0 radical (unpaired) electrons. The highest BCUT2D eigenvalue weighted by Gasteiger charge is 2.16. The number of anilines is 2. The fourth-order valence-electron chi connectivity index (χ4n) is 2.81. The molecule has 24 heavy (non-hydrogen) atoms. The van der Waals surface area contributed by atoms with Gasteiger partial charge in [0, 0.05) is 23.8 Å². The van der Waals surface area contributed by atoms with Crippen LogP contribution in [0.25, 0.3) is 0 Å². The second kappa shape index (κ2) is 7.75. The third-order valence-electron chi connectivity index (χ3n) is 4.14. The number of hydrogen-bond acceptors (Lipinski definition) is 4. The van der Waals surface area contributed by atoms with E-state index in [2.05, 4.69) is 36.1 Å². The summed E-state index contributed by atoms with van der Waals surface area (Å²) in [4.78, 5) is 23.5. The Hall–Kier alpha value is -1.95. The van der Waals surface area contributed by atoms with Crippen LogP contribution in [-0.4, -0.2) is 29.0 Å². The molecule has 1 aliphatic rings. The quantitative estimate of drug-likeness (QED) is 0.856. The summed E-state index contributed by atoms with van der Waals surface area (Å²) in [5, 5.41) is 2.90. The number of carbonyl (C=O) groups excluding carboxylic acids is 1. The molecule has 0 unspecified atom stereocenters. The van der Waals surface area contributed by atoms with Crippen LogP contribution < -0.4 is 10.2 Å². The molecule has 1 aromatic heterocycles. The smallest absolute Gasteiger partial charge is 0.274 e. The van der Waals surface area contributed by atoms with Gasteiger partial charge in [-0.3, -0.25) is 4.79 Å². The summed E-state index contributed by atoms with van der Waals surface area (Å²) < 4.78 is 0.859. The summed E-state index contributed by atoms with van der Waals surface area (Å²) in [7, 11) is 0. The van der Waals surface area contributed by atoms with Crippen LogP contribution >= 0.6 is 15.9 Å². The molecule has 0 aliphatic carbocycles. The van der Waals surface area contributed by atoms with Crippen LogP contribution in [0.15, 0.2) is 34.9 Å². The van der Waals surface area contributed by atoms with Crippen molar-refractivity contribution in [2.24, 2.45) is 0 Å². The Morgan fingerprint density at radius 1 is 1.17 bits per heavy atom. The van der Waals surface area contributed by atoms with E-state index >= 15 is 0 Å². The molecule has 5 nitrogen and oxygen atoms in total. The van der Waals surface area contributed by atoms with Crippen LogP contribution in [0.3, 0.4) is 0 Å². The van der Waals surface area contributed by atoms with Crippen molar-refractivity contribution in [3.05, 3.63) is 46.2 Å². The first-order valence-electron chi connectivity index (χ1n) is 8.29. The maximum Gasteiger partial charge on any atom is 0.274 e. The van der Waals surface area contributed by atoms with Crippen LogP contribution in [0.4, 0.5) is 11.6 Å². The van der Waals surface area contributed by atoms with E-state index in [0.29, 0.717) is 11.6 Å².